The summed E-state index contributed by atoms with van der Waals surface area (Å²) in [7, 11) is 0. The van der Waals surface area contributed by atoms with Crippen molar-refractivity contribution in [3.05, 3.63) is 88.5 Å². The van der Waals surface area contributed by atoms with E-state index in [4.69, 9.17) is 0 Å². The summed E-state index contributed by atoms with van der Waals surface area (Å²) in [5, 5.41) is 16.6. The first kappa shape index (κ1) is 19.8. The molecule has 0 amide bonds. The van der Waals surface area contributed by atoms with Gasteiger partial charge in [0.05, 0.1) is 0 Å². The predicted octanol–water partition coefficient (Wildman–Crippen LogP) is 6.05. The lowest BCUT2D eigenvalue weighted by Crippen LogP contribution is -2.07. The van der Waals surface area contributed by atoms with Crippen molar-refractivity contribution in [2.75, 3.05) is 23.7 Å². The van der Waals surface area contributed by atoms with Crippen LogP contribution < -0.4 is 10.6 Å². The SMILES string of the molecule is CCNc1ccc(C(c2ccc(O)cc2)c2ccc(NCC)c(C)c2)cc1C. The van der Waals surface area contributed by atoms with Crippen molar-refractivity contribution in [1.29, 1.82) is 0 Å². The van der Waals surface area contributed by atoms with E-state index >= 15 is 0 Å². The van der Waals surface area contributed by atoms with Crippen molar-refractivity contribution in [2.45, 2.75) is 33.6 Å². The third kappa shape index (κ3) is 4.30. The molecule has 0 fully saturated rings. The second kappa shape index (κ2) is 8.83. The number of nitrogens with one attached hydrogen (secondary N) is 2. The average molecular weight is 375 g/mol. The van der Waals surface area contributed by atoms with Crippen molar-refractivity contribution >= 4 is 11.4 Å². The van der Waals surface area contributed by atoms with Crippen molar-refractivity contribution in [2.24, 2.45) is 0 Å². The number of rotatable bonds is 7. The van der Waals surface area contributed by atoms with Gasteiger partial charge in [0.1, 0.15) is 5.75 Å². The van der Waals surface area contributed by atoms with Gasteiger partial charge in [-0.05, 0) is 79.8 Å². The summed E-state index contributed by atoms with van der Waals surface area (Å²) in [6.45, 7) is 10.3. The fraction of sp³-hybridized carbons (Fsp3) is 0.280. The molecule has 3 aromatic rings. The minimum Gasteiger partial charge on any atom is -0.508 e. The van der Waals surface area contributed by atoms with Gasteiger partial charge in [-0.2, -0.15) is 0 Å². The molecule has 3 rings (SSSR count). The van der Waals surface area contributed by atoms with Gasteiger partial charge >= 0.3 is 0 Å². The largest absolute Gasteiger partial charge is 0.508 e. The Balaban J connectivity index is 2.09. The number of aryl methyl sites for hydroxylation is 2. The smallest absolute Gasteiger partial charge is 0.115 e. The maximum atomic E-state index is 9.74. The zero-order valence-corrected chi connectivity index (χ0v) is 17.2. The third-order valence-electron chi connectivity index (χ3n) is 5.13. The van der Waals surface area contributed by atoms with Gasteiger partial charge in [0.25, 0.3) is 0 Å². The minimum absolute atomic E-state index is 0.115. The summed E-state index contributed by atoms with van der Waals surface area (Å²) in [6, 6.07) is 20.8. The van der Waals surface area contributed by atoms with Crippen LogP contribution in [-0.4, -0.2) is 18.2 Å². The summed E-state index contributed by atoms with van der Waals surface area (Å²) in [6.07, 6.45) is 0. The number of hydrogen-bond donors (Lipinski definition) is 3. The highest BCUT2D eigenvalue weighted by Gasteiger charge is 2.18. The van der Waals surface area contributed by atoms with Crippen molar-refractivity contribution in [3.8, 4) is 5.75 Å². The maximum Gasteiger partial charge on any atom is 0.115 e. The van der Waals surface area contributed by atoms with Crippen LogP contribution in [0.5, 0.6) is 5.75 Å². The van der Waals surface area contributed by atoms with E-state index in [-0.39, 0.29) is 5.92 Å². The molecule has 0 atom stereocenters. The fourth-order valence-corrected chi connectivity index (χ4v) is 3.75. The van der Waals surface area contributed by atoms with Crippen LogP contribution >= 0.6 is 0 Å². The predicted molar refractivity (Wildman–Crippen MR) is 120 cm³/mol. The molecular formula is C25H30N2O. The minimum atomic E-state index is 0.115. The van der Waals surface area contributed by atoms with Crippen LogP contribution in [0.4, 0.5) is 11.4 Å². The lowest BCUT2D eigenvalue weighted by Gasteiger charge is -2.22. The van der Waals surface area contributed by atoms with Crippen LogP contribution in [-0.2, 0) is 0 Å². The number of aromatic hydroxyl groups is 1. The van der Waals surface area contributed by atoms with Gasteiger partial charge in [0.15, 0.2) is 0 Å². The monoisotopic (exact) mass is 374 g/mol. The van der Waals surface area contributed by atoms with Crippen LogP contribution in [0, 0.1) is 13.8 Å². The molecule has 0 unspecified atom stereocenters. The first-order valence-electron chi connectivity index (χ1n) is 10.0. The molecule has 0 saturated heterocycles. The first-order chi connectivity index (χ1) is 13.5. The third-order valence-corrected chi connectivity index (χ3v) is 5.13. The molecule has 3 aromatic carbocycles. The van der Waals surface area contributed by atoms with Gasteiger partial charge < -0.3 is 15.7 Å². The van der Waals surface area contributed by atoms with Gasteiger partial charge in [-0.3, -0.25) is 0 Å². The fourth-order valence-electron chi connectivity index (χ4n) is 3.75. The van der Waals surface area contributed by atoms with Gasteiger partial charge in [0, 0.05) is 30.4 Å². The molecule has 0 aromatic heterocycles. The summed E-state index contributed by atoms with van der Waals surface area (Å²) >= 11 is 0. The highest BCUT2D eigenvalue weighted by molar-refractivity contribution is 5.58. The van der Waals surface area contributed by atoms with Crippen LogP contribution in [0.1, 0.15) is 47.6 Å². The second-order valence-corrected chi connectivity index (χ2v) is 7.23. The van der Waals surface area contributed by atoms with Crippen LogP contribution in [0.15, 0.2) is 60.7 Å². The summed E-state index contributed by atoms with van der Waals surface area (Å²) in [5.41, 5.74) is 8.50. The lowest BCUT2D eigenvalue weighted by atomic mass is 9.83. The molecule has 0 bridgehead atoms. The number of anilines is 2. The van der Waals surface area contributed by atoms with E-state index in [1.54, 1.807) is 12.1 Å². The van der Waals surface area contributed by atoms with Crippen LogP contribution in [0.3, 0.4) is 0 Å². The Hall–Kier alpha value is -2.94. The summed E-state index contributed by atoms with van der Waals surface area (Å²) in [5.74, 6) is 0.407. The Morgan fingerprint density at radius 3 is 1.50 bits per heavy atom. The topological polar surface area (TPSA) is 44.3 Å². The molecule has 0 heterocycles. The van der Waals surface area contributed by atoms with Gasteiger partial charge in [0.2, 0.25) is 0 Å². The Bertz CT molecular complexity index is 876. The molecule has 0 radical (unpaired) electrons. The molecule has 0 spiro atoms. The molecule has 0 aliphatic heterocycles. The van der Waals surface area contributed by atoms with Gasteiger partial charge in [-0.1, -0.05) is 36.4 Å². The van der Waals surface area contributed by atoms with Crippen molar-refractivity contribution in [3.63, 3.8) is 0 Å². The number of benzene rings is 3. The van der Waals surface area contributed by atoms with E-state index in [1.165, 1.54) is 39.2 Å². The molecule has 3 heteroatoms. The molecule has 3 N–H and O–H groups in total. The highest BCUT2D eigenvalue weighted by atomic mass is 16.3. The van der Waals surface area contributed by atoms with E-state index in [9.17, 15) is 5.11 Å². The Morgan fingerprint density at radius 2 is 1.11 bits per heavy atom. The van der Waals surface area contributed by atoms with E-state index in [0.717, 1.165) is 13.1 Å². The van der Waals surface area contributed by atoms with Crippen LogP contribution in [0.25, 0.3) is 0 Å². The standard InChI is InChI=1S/C25H30N2O/c1-5-26-23-13-9-20(15-17(23)3)25(19-7-11-22(28)12-8-19)21-10-14-24(27-6-2)18(4)16-21/h7-16,25-28H,5-6H2,1-4H3. The summed E-state index contributed by atoms with van der Waals surface area (Å²) in [4.78, 5) is 0. The average Bonchev–Trinajstić information content (AvgIpc) is 2.68. The molecule has 146 valence electrons. The Kier molecular flexibility index (Phi) is 6.25. The highest BCUT2D eigenvalue weighted by Crippen LogP contribution is 2.35. The molecule has 0 aliphatic rings. The zero-order valence-electron chi connectivity index (χ0n) is 17.2. The van der Waals surface area contributed by atoms with E-state index in [0.29, 0.717) is 5.75 Å². The number of phenols is 1. The maximum absolute atomic E-state index is 9.74. The van der Waals surface area contributed by atoms with Gasteiger partial charge in [-0.15, -0.1) is 0 Å². The van der Waals surface area contributed by atoms with Crippen molar-refractivity contribution < 1.29 is 5.11 Å². The second-order valence-electron chi connectivity index (χ2n) is 7.23. The molecule has 0 saturated carbocycles. The summed E-state index contributed by atoms with van der Waals surface area (Å²) < 4.78 is 0. The number of phenolic OH excluding ortho intramolecular Hbond substituents is 1. The van der Waals surface area contributed by atoms with Crippen molar-refractivity contribution in [1.82, 2.24) is 0 Å². The van der Waals surface area contributed by atoms with Gasteiger partial charge in [-0.25, -0.2) is 0 Å². The molecule has 3 nitrogen and oxygen atoms in total. The van der Waals surface area contributed by atoms with E-state index in [1.807, 2.05) is 12.1 Å². The quantitative estimate of drug-likeness (QED) is 0.441. The van der Waals surface area contributed by atoms with E-state index < -0.39 is 0 Å². The number of hydrogen-bond acceptors (Lipinski definition) is 3. The first-order valence-corrected chi connectivity index (χ1v) is 10.0. The van der Waals surface area contributed by atoms with E-state index in [2.05, 4.69) is 74.7 Å². The normalized spacial score (nSPS) is 10.9. The molecule has 0 aliphatic carbocycles. The van der Waals surface area contributed by atoms with Crippen LogP contribution in [0.2, 0.25) is 0 Å². The lowest BCUT2D eigenvalue weighted by molar-refractivity contribution is 0.475. The Morgan fingerprint density at radius 1 is 0.679 bits per heavy atom. The Labute approximate surface area is 168 Å². The molecule has 28 heavy (non-hydrogen) atoms. The molecular weight excluding hydrogens is 344 g/mol. The zero-order chi connectivity index (χ0) is 20.1.